The van der Waals surface area contributed by atoms with Gasteiger partial charge in [0.1, 0.15) is 5.75 Å². The molecule has 0 unspecified atom stereocenters. The van der Waals surface area contributed by atoms with Crippen LogP contribution in [0.5, 0.6) is 11.6 Å². The van der Waals surface area contributed by atoms with Crippen LogP contribution in [0.2, 0.25) is 5.02 Å². The molecule has 0 spiro atoms. The molecule has 2 aromatic rings. The molecule has 1 aromatic carbocycles. The second kappa shape index (κ2) is 6.60. The van der Waals surface area contributed by atoms with Crippen molar-refractivity contribution in [2.45, 2.75) is 26.7 Å². The Morgan fingerprint density at radius 1 is 1.38 bits per heavy atom. The van der Waals surface area contributed by atoms with Crippen molar-refractivity contribution >= 4 is 33.5 Å². The second-order valence-electron chi connectivity index (χ2n) is 4.89. The largest absolute Gasteiger partial charge is 0.437 e. The molecule has 2 rings (SSSR count). The Balaban J connectivity index is 2.42. The fourth-order valence-electron chi connectivity index (χ4n) is 1.82. The fraction of sp³-hybridized carbons (Fsp3) is 0.286. The van der Waals surface area contributed by atoms with Gasteiger partial charge in [0.15, 0.2) is 0 Å². The fourth-order valence-corrected chi connectivity index (χ4v) is 2.53. The minimum Gasteiger partial charge on any atom is -0.437 e. The number of nitrogens with one attached hydrogen (secondary N) is 1. The van der Waals surface area contributed by atoms with E-state index in [0.29, 0.717) is 22.0 Å². The number of rotatable bonds is 4. The van der Waals surface area contributed by atoms with Gasteiger partial charge in [0.05, 0.1) is 10.7 Å². The van der Waals surface area contributed by atoms with Crippen molar-refractivity contribution in [1.82, 2.24) is 9.97 Å². The summed E-state index contributed by atoms with van der Waals surface area (Å²) < 4.78 is 6.52. The summed E-state index contributed by atoms with van der Waals surface area (Å²) in [5.74, 6) is 6.98. The molecule has 3 N–H and O–H groups in total. The minimum atomic E-state index is 0.281. The number of ether oxygens (including phenoxy) is 1. The summed E-state index contributed by atoms with van der Waals surface area (Å²) in [6, 6.07) is 3.83. The van der Waals surface area contributed by atoms with E-state index in [1.807, 2.05) is 19.1 Å². The Morgan fingerprint density at radius 2 is 2.10 bits per heavy atom. The molecular weight excluding hydrogens is 356 g/mol. The topological polar surface area (TPSA) is 73.1 Å². The Morgan fingerprint density at radius 3 is 2.71 bits per heavy atom. The van der Waals surface area contributed by atoms with E-state index < -0.39 is 0 Å². The summed E-state index contributed by atoms with van der Waals surface area (Å²) in [4.78, 5) is 8.16. The SMILES string of the molecule is Cc1cc(Cl)c(C(C)C)cc1Oc1nc(NN)ncc1Br. The zero-order valence-corrected chi connectivity index (χ0v) is 14.3. The summed E-state index contributed by atoms with van der Waals surface area (Å²) in [6.07, 6.45) is 1.58. The number of hydrogen-bond donors (Lipinski definition) is 2. The lowest BCUT2D eigenvalue weighted by atomic mass is 10.0. The van der Waals surface area contributed by atoms with Crippen LogP contribution in [0, 0.1) is 6.92 Å². The van der Waals surface area contributed by atoms with Gasteiger partial charge in [-0.1, -0.05) is 25.4 Å². The first-order valence-corrected chi connectivity index (χ1v) is 7.56. The van der Waals surface area contributed by atoms with Gasteiger partial charge in [-0.15, -0.1) is 0 Å². The second-order valence-corrected chi connectivity index (χ2v) is 6.15. The first kappa shape index (κ1) is 16.0. The number of hydrazine groups is 1. The van der Waals surface area contributed by atoms with Gasteiger partial charge in [0.2, 0.25) is 11.8 Å². The summed E-state index contributed by atoms with van der Waals surface area (Å²) in [7, 11) is 0. The Hall–Kier alpha value is -1.37. The highest BCUT2D eigenvalue weighted by Gasteiger charge is 2.13. The molecule has 0 saturated carbocycles. The number of nitrogen functional groups attached to an aromatic ring is 1. The number of benzene rings is 1. The normalized spacial score (nSPS) is 10.8. The highest BCUT2D eigenvalue weighted by Crippen LogP contribution is 2.35. The van der Waals surface area contributed by atoms with Gasteiger partial charge in [-0.3, -0.25) is 5.43 Å². The van der Waals surface area contributed by atoms with Crippen molar-refractivity contribution in [3.63, 3.8) is 0 Å². The van der Waals surface area contributed by atoms with Crippen molar-refractivity contribution in [2.75, 3.05) is 5.43 Å². The lowest BCUT2D eigenvalue weighted by Crippen LogP contribution is -2.10. The molecule has 0 aliphatic heterocycles. The van der Waals surface area contributed by atoms with Crippen molar-refractivity contribution < 1.29 is 4.74 Å². The highest BCUT2D eigenvalue weighted by molar-refractivity contribution is 9.10. The molecule has 0 aliphatic carbocycles. The van der Waals surface area contributed by atoms with E-state index in [1.54, 1.807) is 6.20 Å². The number of aryl methyl sites for hydroxylation is 1. The van der Waals surface area contributed by atoms with Crippen LogP contribution in [0.25, 0.3) is 0 Å². The third kappa shape index (κ3) is 3.64. The van der Waals surface area contributed by atoms with Crippen molar-refractivity contribution in [3.8, 4) is 11.6 Å². The predicted octanol–water partition coefficient (Wildman–Crippen LogP) is 4.40. The van der Waals surface area contributed by atoms with E-state index in [2.05, 4.69) is 45.2 Å². The Labute approximate surface area is 137 Å². The number of nitrogens with zero attached hydrogens (tertiary/aromatic N) is 2. The summed E-state index contributed by atoms with van der Waals surface area (Å²) in [5, 5.41) is 0.737. The molecule has 0 radical (unpaired) electrons. The molecule has 0 bridgehead atoms. The van der Waals surface area contributed by atoms with Crippen LogP contribution in [0.4, 0.5) is 5.95 Å². The van der Waals surface area contributed by atoms with Gasteiger partial charge in [-0.2, -0.15) is 4.98 Å². The Kier molecular flexibility index (Phi) is 5.03. The first-order chi connectivity index (χ1) is 9.92. The maximum Gasteiger partial charge on any atom is 0.240 e. The van der Waals surface area contributed by atoms with E-state index in [9.17, 15) is 0 Å². The molecule has 5 nitrogen and oxygen atoms in total. The van der Waals surface area contributed by atoms with Gasteiger partial charge < -0.3 is 4.74 Å². The van der Waals surface area contributed by atoms with E-state index >= 15 is 0 Å². The van der Waals surface area contributed by atoms with E-state index in [-0.39, 0.29) is 5.95 Å². The van der Waals surface area contributed by atoms with Crippen LogP contribution in [-0.4, -0.2) is 9.97 Å². The maximum absolute atomic E-state index is 6.26. The summed E-state index contributed by atoms with van der Waals surface area (Å²) in [5.41, 5.74) is 4.34. The number of aromatic nitrogens is 2. The van der Waals surface area contributed by atoms with Crippen LogP contribution >= 0.6 is 27.5 Å². The summed E-state index contributed by atoms with van der Waals surface area (Å²) in [6.45, 7) is 6.09. The number of anilines is 1. The quantitative estimate of drug-likeness (QED) is 0.615. The number of hydrogen-bond acceptors (Lipinski definition) is 5. The third-order valence-electron chi connectivity index (χ3n) is 2.96. The smallest absolute Gasteiger partial charge is 0.240 e. The first-order valence-electron chi connectivity index (χ1n) is 6.39. The van der Waals surface area contributed by atoms with E-state index in [0.717, 1.165) is 16.1 Å². The molecule has 21 heavy (non-hydrogen) atoms. The van der Waals surface area contributed by atoms with Crippen molar-refractivity contribution in [3.05, 3.63) is 39.0 Å². The molecule has 1 heterocycles. The molecule has 0 amide bonds. The molecule has 0 aliphatic rings. The number of halogens is 2. The van der Waals surface area contributed by atoms with Crippen LogP contribution < -0.4 is 16.0 Å². The van der Waals surface area contributed by atoms with Gasteiger partial charge in [0.25, 0.3) is 0 Å². The molecule has 112 valence electrons. The van der Waals surface area contributed by atoms with Gasteiger partial charge in [-0.05, 0) is 52.0 Å². The zero-order chi connectivity index (χ0) is 15.6. The van der Waals surface area contributed by atoms with Gasteiger partial charge in [0, 0.05) is 5.02 Å². The average Bonchev–Trinajstić information content (AvgIpc) is 2.43. The van der Waals surface area contributed by atoms with E-state index in [1.165, 1.54) is 0 Å². The van der Waals surface area contributed by atoms with Gasteiger partial charge >= 0.3 is 0 Å². The molecule has 0 fully saturated rings. The lowest BCUT2D eigenvalue weighted by Gasteiger charge is -2.14. The Bertz CT molecular complexity index is 664. The lowest BCUT2D eigenvalue weighted by molar-refractivity contribution is 0.454. The van der Waals surface area contributed by atoms with E-state index in [4.69, 9.17) is 22.2 Å². The molecule has 7 heteroatoms. The average molecular weight is 372 g/mol. The summed E-state index contributed by atoms with van der Waals surface area (Å²) >= 11 is 9.62. The van der Waals surface area contributed by atoms with Crippen LogP contribution in [0.1, 0.15) is 30.9 Å². The maximum atomic E-state index is 6.26. The number of nitrogens with two attached hydrogens (primary N) is 1. The molecule has 1 aromatic heterocycles. The van der Waals surface area contributed by atoms with Crippen molar-refractivity contribution in [2.24, 2.45) is 5.84 Å². The standard InChI is InChI=1S/C14H16BrClN4O/c1-7(2)9-5-12(8(3)4-11(9)16)21-13-10(15)6-18-14(19-13)20-17/h4-7H,17H2,1-3H3,(H,18,19,20). The van der Waals surface area contributed by atoms with Crippen LogP contribution in [-0.2, 0) is 0 Å². The predicted molar refractivity (Wildman–Crippen MR) is 87.9 cm³/mol. The zero-order valence-electron chi connectivity index (χ0n) is 11.9. The van der Waals surface area contributed by atoms with Gasteiger partial charge in [-0.25, -0.2) is 10.8 Å². The van der Waals surface area contributed by atoms with Crippen molar-refractivity contribution in [1.29, 1.82) is 0 Å². The van der Waals surface area contributed by atoms with Crippen LogP contribution in [0.3, 0.4) is 0 Å². The molecule has 0 saturated heterocycles. The monoisotopic (exact) mass is 370 g/mol. The van der Waals surface area contributed by atoms with Crippen LogP contribution in [0.15, 0.2) is 22.8 Å². The molecule has 0 atom stereocenters. The third-order valence-corrected chi connectivity index (χ3v) is 3.84. The molecular formula is C14H16BrClN4O. The minimum absolute atomic E-state index is 0.281. The highest BCUT2D eigenvalue weighted by atomic mass is 79.9.